The summed E-state index contributed by atoms with van der Waals surface area (Å²) in [6.07, 6.45) is -4.13. The first kappa shape index (κ1) is 33.5. The second-order valence-corrected chi connectivity index (χ2v) is 12.3. The second kappa shape index (κ2) is 13.2. The molecule has 1 unspecified atom stereocenters. The highest BCUT2D eigenvalue weighted by Crippen LogP contribution is 2.40. The standard InChI is InChI=1S/C35H34F3N5O6/c1-20(2)23-9-10-26(30(16-23)49-21(3)44)43-27-12-14-42(33(46)24-15-29(45)32(39-17-24)35(36,37)38)28-18-41(13-11-25(40-43)31(27)28)34(47)48-19-22-7-5-4-6-8-22/h4-10,15-17,20,28,45H,11-14,18-19H2,1-3H3. The van der Waals surface area contributed by atoms with E-state index in [0.717, 1.165) is 29.1 Å². The number of hydrogen-bond acceptors (Lipinski definition) is 8. The molecule has 2 amide bonds. The van der Waals surface area contributed by atoms with E-state index >= 15 is 0 Å². The Morgan fingerprint density at radius 2 is 1.80 bits per heavy atom. The minimum absolute atomic E-state index is 0.00813. The number of ether oxygens (including phenoxy) is 2. The van der Waals surface area contributed by atoms with Crippen molar-refractivity contribution in [3.8, 4) is 17.2 Å². The molecule has 2 aromatic heterocycles. The maximum absolute atomic E-state index is 14.0. The molecule has 11 nitrogen and oxygen atoms in total. The van der Waals surface area contributed by atoms with Gasteiger partial charge in [0.15, 0.2) is 11.4 Å². The van der Waals surface area contributed by atoms with Gasteiger partial charge in [0, 0.05) is 51.2 Å². The Hall–Kier alpha value is -5.40. The molecule has 2 aromatic carbocycles. The van der Waals surface area contributed by atoms with Gasteiger partial charge in [0.05, 0.1) is 23.0 Å². The molecule has 14 heteroatoms. The Morgan fingerprint density at radius 1 is 1.04 bits per heavy atom. The average molecular weight is 678 g/mol. The van der Waals surface area contributed by atoms with Gasteiger partial charge in [0.1, 0.15) is 18.0 Å². The van der Waals surface area contributed by atoms with Gasteiger partial charge in [-0.1, -0.05) is 50.2 Å². The van der Waals surface area contributed by atoms with E-state index in [9.17, 15) is 32.7 Å². The van der Waals surface area contributed by atoms with Crippen LogP contribution in [-0.4, -0.2) is 67.3 Å². The molecular formula is C35H34F3N5O6. The molecule has 49 heavy (non-hydrogen) atoms. The lowest BCUT2D eigenvalue weighted by molar-refractivity contribution is -0.142. The number of benzene rings is 2. The van der Waals surface area contributed by atoms with Crippen LogP contribution in [0.25, 0.3) is 5.69 Å². The molecule has 256 valence electrons. The van der Waals surface area contributed by atoms with Gasteiger partial charge < -0.3 is 24.4 Å². The Kier molecular flexibility index (Phi) is 9.06. The number of aromatic hydroxyl groups is 1. The van der Waals surface area contributed by atoms with Crippen molar-refractivity contribution in [1.82, 2.24) is 24.6 Å². The smallest absolute Gasteiger partial charge is 0.437 e. The zero-order valence-corrected chi connectivity index (χ0v) is 27.0. The van der Waals surface area contributed by atoms with Crippen LogP contribution in [0.1, 0.15) is 76.9 Å². The van der Waals surface area contributed by atoms with E-state index in [1.165, 1.54) is 16.7 Å². The van der Waals surface area contributed by atoms with Crippen molar-refractivity contribution >= 4 is 18.0 Å². The summed E-state index contributed by atoms with van der Waals surface area (Å²) in [6.45, 7) is 5.70. The summed E-state index contributed by atoms with van der Waals surface area (Å²) >= 11 is 0. The van der Waals surface area contributed by atoms with Gasteiger partial charge in [-0.3, -0.25) is 9.59 Å². The fourth-order valence-corrected chi connectivity index (χ4v) is 6.27. The van der Waals surface area contributed by atoms with E-state index in [-0.39, 0.29) is 44.1 Å². The predicted octanol–water partition coefficient (Wildman–Crippen LogP) is 5.97. The predicted molar refractivity (Wildman–Crippen MR) is 169 cm³/mol. The molecule has 2 aliphatic rings. The van der Waals surface area contributed by atoms with Crippen LogP contribution in [-0.2, 0) is 35.2 Å². The molecule has 0 saturated carbocycles. The van der Waals surface area contributed by atoms with Crippen LogP contribution in [0.15, 0.2) is 60.8 Å². The second-order valence-electron chi connectivity index (χ2n) is 12.3. The third kappa shape index (κ3) is 6.80. The molecule has 2 aliphatic heterocycles. The van der Waals surface area contributed by atoms with Gasteiger partial charge >= 0.3 is 18.2 Å². The van der Waals surface area contributed by atoms with Crippen LogP contribution >= 0.6 is 0 Å². The normalized spacial score (nSPS) is 15.9. The van der Waals surface area contributed by atoms with Crippen LogP contribution in [0.2, 0.25) is 0 Å². The molecule has 4 aromatic rings. The average Bonchev–Trinajstić information content (AvgIpc) is 3.31. The third-order valence-corrected chi connectivity index (χ3v) is 8.65. The molecule has 4 heterocycles. The van der Waals surface area contributed by atoms with E-state index in [0.29, 0.717) is 29.1 Å². The van der Waals surface area contributed by atoms with Crippen molar-refractivity contribution in [3.63, 3.8) is 0 Å². The van der Waals surface area contributed by atoms with Crippen LogP contribution in [0.4, 0.5) is 18.0 Å². The number of hydrogen-bond donors (Lipinski definition) is 1. The van der Waals surface area contributed by atoms with Crippen LogP contribution in [0.3, 0.4) is 0 Å². The number of amides is 2. The van der Waals surface area contributed by atoms with E-state index < -0.39 is 41.6 Å². The number of aromatic nitrogens is 3. The van der Waals surface area contributed by atoms with Crippen molar-refractivity contribution in [1.29, 1.82) is 0 Å². The lowest BCUT2D eigenvalue weighted by Crippen LogP contribution is -2.46. The number of nitrogens with zero attached hydrogens (tertiary/aromatic N) is 5. The molecule has 0 saturated heterocycles. The van der Waals surface area contributed by atoms with Gasteiger partial charge in [-0.25, -0.2) is 14.5 Å². The highest BCUT2D eigenvalue weighted by molar-refractivity contribution is 5.95. The first-order chi connectivity index (χ1) is 23.3. The maximum atomic E-state index is 14.0. The number of carbonyl (C=O) groups is 3. The molecule has 1 N–H and O–H groups in total. The minimum Gasteiger partial charge on any atom is -0.506 e. The van der Waals surface area contributed by atoms with Crippen molar-refractivity contribution < 1.29 is 42.1 Å². The Balaban J connectivity index is 1.39. The first-order valence-electron chi connectivity index (χ1n) is 15.8. The molecule has 0 aliphatic carbocycles. The first-order valence-corrected chi connectivity index (χ1v) is 15.8. The lowest BCUT2D eigenvalue weighted by Gasteiger charge is -2.37. The SMILES string of the molecule is CC(=O)Oc1cc(C(C)C)ccc1-n1nc2c3c1CCN(C(=O)c1cnc(C(F)(F)F)c(O)c1)C3CN(C(=O)OCc1ccccc1)CC2. The number of alkyl halides is 3. The van der Waals surface area contributed by atoms with E-state index in [4.69, 9.17) is 14.6 Å². The number of pyridine rings is 1. The fraction of sp³-hybridized carbons (Fsp3) is 0.343. The van der Waals surface area contributed by atoms with E-state index in [2.05, 4.69) is 4.98 Å². The summed E-state index contributed by atoms with van der Waals surface area (Å²) in [5.74, 6) is -1.87. The largest absolute Gasteiger partial charge is 0.506 e. The van der Waals surface area contributed by atoms with Gasteiger partial charge in [-0.05, 0) is 35.2 Å². The summed E-state index contributed by atoms with van der Waals surface area (Å²) in [7, 11) is 0. The quantitative estimate of drug-likeness (QED) is 0.195. The Bertz CT molecular complexity index is 1910. The summed E-state index contributed by atoms with van der Waals surface area (Å²) in [6, 6.07) is 14.7. The number of rotatable bonds is 6. The van der Waals surface area contributed by atoms with Gasteiger partial charge in [-0.15, -0.1) is 0 Å². The van der Waals surface area contributed by atoms with Gasteiger partial charge in [-0.2, -0.15) is 18.3 Å². The number of halogens is 3. The molecule has 0 bridgehead atoms. The van der Waals surface area contributed by atoms with E-state index in [1.807, 2.05) is 56.3 Å². The van der Waals surface area contributed by atoms with Crippen molar-refractivity contribution in [2.45, 2.75) is 58.4 Å². The van der Waals surface area contributed by atoms with Crippen LogP contribution in [0.5, 0.6) is 11.5 Å². The molecule has 0 spiro atoms. The number of esters is 1. The molecule has 1 atom stereocenters. The highest BCUT2D eigenvalue weighted by atomic mass is 19.4. The van der Waals surface area contributed by atoms with Crippen molar-refractivity contribution in [2.24, 2.45) is 0 Å². The Morgan fingerprint density at radius 3 is 2.47 bits per heavy atom. The fourth-order valence-electron chi connectivity index (χ4n) is 6.27. The molecule has 0 radical (unpaired) electrons. The molecular weight excluding hydrogens is 643 g/mol. The molecule has 0 fully saturated rings. The number of carbonyl (C=O) groups excluding carboxylic acids is 3. The van der Waals surface area contributed by atoms with E-state index in [1.54, 1.807) is 10.7 Å². The zero-order chi connectivity index (χ0) is 35.0. The summed E-state index contributed by atoms with van der Waals surface area (Å²) in [5, 5.41) is 15.0. The van der Waals surface area contributed by atoms with Gasteiger partial charge in [0.25, 0.3) is 5.91 Å². The lowest BCUT2D eigenvalue weighted by atomic mass is 9.94. The van der Waals surface area contributed by atoms with Crippen LogP contribution < -0.4 is 4.74 Å². The highest BCUT2D eigenvalue weighted by Gasteiger charge is 2.42. The summed E-state index contributed by atoms with van der Waals surface area (Å²) in [5.41, 5.74) is 2.56. The maximum Gasteiger partial charge on any atom is 0.437 e. The van der Waals surface area contributed by atoms with Crippen molar-refractivity contribution in [2.75, 3.05) is 19.6 Å². The Labute approximate surface area is 279 Å². The van der Waals surface area contributed by atoms with Crippen LogP contribution in [0, 0.1) is 0 Å². The topological polar surface area (TPSA) is 127 Å². The van der Waals surface area contributed by atoms with Gasteiger partial charge in [0.2, 0.25) is 0 Å². The zero-order valence-electron chi connectivity index (χ0n) is 27.0. The minimum atomic E-state index is -4.91. The third-order valence-electron chi connectivity index (χ3n) is 8.65. The summed E-state index contributed by atoms with van der Waals surface area (Å²) in [4.78, 5) is 45.7. The van der Waals surface area contributed by atoms with Crippen molar-refractivity contribution in [3.05, 3.63) is 100 Å². The monoisotopic (exact) mass is 677 g/mol. The molecule has 6 rings (SSSR count). The summed E-state index contributed by atoms with van der Waals surface area (Å²) < 4.78 is 52.9.